The normalized spacial score (nSPS) is 34.2. The molecule has 0 aliphatic heterocycles. The highest BCUT2D eigenvalue weighted by Gasteiger charge is 2.62. The van der Waals surface area contributed by atoms with Crippen LogP contribution in [0.1, 0.15) is 40.0 Å². The lowest BCUT2D eigenvalue weighted by molar-refractivity contribution is 0.0247. The molecule has 0 spiro atoms. The van der Waals surface area contributed by atoms with E-state index in [1.54, 1.807) is 7.05 Å². The molecular weight excluding hydrogens is 257 g/mol. The Labute approximate surface area is 119 Å². The van der Waals surface area contributed by atoms with Crippen molar-refractivity contribution in [1.82, 2.24) is 9.97 Å². The quantitative estimate of drug-likeness (QED) is 0.922. The van der Waals surface area contributed by atoms with E-state index >= 15 is 0 Å². The molecule has 1 aromatic rings. The maximum atomic E-state index is 13.8. The van der Waals surface area contributed by atoms with Crippen molar-refractivity contribution in [3.8, 4) is 5.88 Å². The zero-order valence-corrected chi connectivity index (χ0v) is 12.5. The smallest absolute Gasteiger partial charge is 0.255 e. The van der Waals surface area contributed by atoms with Crippen molar-refractivity contribution in [3.63, 3.8) is 0 Å². The van der Waals surface area contributed by atoms with Crippen molar-refractivity contribution in [2.75, 3.05) is 12.4 Å². The topological polar surface area (TPSA) is 47.0 Å². The van der Waals surface area contributed by atoms with Gasteiger partial charge in [0.1, 0.15) is 6.10 Å². The van der Waals surface area contributed by atoms with E-state index in [9.17, 15) is 4.39 Å². The number of nitrogens with zero attached hydrogens (tertiary/aromatic N) is 2. The van der Waals surface area contributed by atoms with Gasteiger partial charge in [0, 0.05) is 12.5 Å². The largest absolute Gasteiger partial charge is 0.472 e. The second-order valence-electron chi connectivity index (χ2n) is 6.81. The van der Waals surface area contributed by atoms with Gasteiger partial charge in [0.2, 0.25) is 11.8 Å². The molecule has 2 saturated carbocycles. The summed E-state index contributed by atoms with van der Waals surface area (Å²) in [7, 11) is 1.71. The van der Waals surface area contributed by atoms with Gasteiger partial charge >= 0.3 is 0 Å². The molecule has 2 aliphatic rings. The van der Waals surface area contributed by atoms with Gasteiger partial charge in [-0.3, -0.25) is 0 Å². The maximum Gasteiger partial charge on any atom is 0.255 e. The lowest BCUT2D eigenvalue weighted by Crippen LogP contribution is -2.39. The number of hydrogen-bond acceptors (Lipinski definition) is 4. The van der Waals surface area contributed by atoms with Gasteiger partial charge in [-0.25, -0.2) is 4.98 Å². The van der Waals surface area contributed by atoms with Gasteiger partial charge in [-0.15, -0.1) is 0 Å². The summed E-state index contributed by atoms with van der Waals surface area (Å²) >= 11 is 0. The fourth-order valence-corrected chi connectivity index (χ4v) is 4.00. The molecule has 2 bridgehead atoms. The number of fused-ring (bicyclic) bond motifs is 2. The van der Waals surface area contributed by atoms with Gasteiger partial charge in [0.25, 0.3) is 5.88 Å². The third-order valence-electron chi connectivity index (χ3n) is 5.90. The average Bonchev–Trinajstić information content (AvgIpc) is 2.74. The Morgan fingerprint density at radius 3 is 2.70 bits per heavy atom. The zero-order valence-electron chi connectivity index (χ0n) is 12.5. The fraction of sp³-hybridized carbons (Fsp3) is 0.733. The van der Waals surface area contributed by atoms with Crippen LogP contribution >= 0.6 is 0 Å². The number of aromatic nitrogens is 2. The van der Waals surface area contributed by atoms with Crippen LogP contribution in [0.25, 0.3) is 0 Å². The minimum atomic E-state index is -0.492. The Balaban J connectivity index is 1.87. The molecule has 20 heavy (non-hydrogen) atoms. The number of rotatable bonds is 3. The van der Waals surface area contributed by atoms with E-state index < -0.39 is 5.82 Å². The molecule has 3 rings (SSSR count). The molecule has 3 atom stereocenters. The minimum Gasteiger partial charge on any atom is -0.472 e. The molecule has 2 fully saturated rings. The van der Waals surface area contributed by atoms with Crippen LogP contribution in [-0.2, 0) is 0 Å². The first-order valence-electron chi connectivity index (χ1n) is 7.25. The van der Waals surface area contributed by atoms with E-state index in [0.717, 1.165) is 19.0 Å². The number of halogens is 1. The van der Waals surface area contributed by atoms with Gasteiger partial charge in [0.05, 0.1) is 6.20 Å². The van der Waals surface area contributed by atoms with Crippen LogP contribution in [0.2, 0.25) is 0 Å². The molecule has 5 heteroatoms. The molecule has 1 heterocycles. The minimum absolute atomic E-state index is 0.0327. The molecule has 2 aliphatic carbocycles. The van der Waals surface area contributed by atoms with Crippen LogP contribution in [0.5, 0.6) is 5.88 Å². The average molecular weight is 279 g/mol. The van der Waals surface area contributed by atoms with Crippen LogP contribution in [0.15, 0.2) is 6.20 Å². The van der Waals surface area contributed by atoms with Gasteiger partial charge in [-0.1, -0.05) is 20.8 Å². The highest BCUT2D eigenvalue weighted by molar-refractivity contribution is 5.28. The van der Waals surface area contributed by atoms with Crippen molar-refractivity contribution >= 4 is 5.95 Å². The van der Waals surface area contributed by atoms with Crippen LogP contribution in [0.3, 0.4) is 0 Å². The van der Waals surface area contributed by atoms with Gasteiger partial charge in [-0.2, -0.15) is 9.37 Å². The summed E-state index contributed by atoms with van der Waals surface area (Å²) < 4.78 is 19.8. The lowest BCUT2D eigenvalue weighted by Gasteiger charge is -2.38. The first-order chi connectivity index (χ1) is 9.38. The molecule has 0 radical (unpaired) electrons. The number of nitrogens with one attached hydrogen (secondary N) is 1. The molecule has 110 valence electrons. The predicted molar refractivity (Wildman–Crippen MR) is 75.2 cm³/mol. The first-order valence-corrected chi connectivity index (χ1v) is 7.25. The van der Waals surface area contributed by atoms with Crippen LogP contribution < -0.4 is 10.1 Å². The predicted octanol–water partition coefficient (Wildman–Crippen LogP) is 3.25. The number of hydrogen-bond donors (Lipinski definition) is 1. The molecular formula is C15H22FN3O. The first kappa shape index (κ1) is 13.6. The molecule has 0 amide bonds. The third-order valence-corrected chi connectivity index (χ3v) is 5.90. The highest BCUT2D eigenvalue weighted by Crippen LogP contribution is 2.66. The van der Waals surface area contributed by atoms with Gasteiger partial charge in [-0.05, 0) is 30.6 Å². The molecule has 0 saturated heterocycles. The van der Waals surface area contributed by atoms with E-state index in [0.29, 0.717) is 11.9 Å². The van der Waals surface area contributed by atoms with E-state index in [2.05, 4.69) is 36.1 Å². The molecule has 3 unspecified atom stereocenters. The van der Waals surface area contributed by atoms with E-state index in [4.69, 9.17) is 4.74 Å². The highest BCUT2D eigenvalue weighted by atomic mass is 19.1. The van der Waals surface area contributed by atoms with Crippen LogP contribution in [0.4, 0.5) is 10.3 Å². The summed E-state index contributed by atoms with van der Waals surface area (Å²) in [5.41, 5.74) is 0.335. The third kappa shape index (κ3) is 1.71. The van der Waals surface area contributed by atoms with E-state index in [1.807, 2.05) is 0 Å². The van der Waals surface area contributed by atoms with E-state index in [1.165, 1.54) is 6.42 Å². The molecule has 1 aromatic heterocycles. The molecule has 4 nitrogen and oxygen atoms in total. The molecule has 0 aromatic carbocycles. The zero-order chi connectivity index (χ0) is 14.5. The lowest BCUT2D eigenvalue weighted by atomic mass is 9.70. The summed E-state index contributed by atoms with van der Waals surface area (Å²) in [6.07, 6.45) is 4.57. The monoisotopic (exact) mass is 279 g/mol. The standard InChI is InChI=1S/C15H22FN3O/c1-14(2)9-5-6-15(14,3)11(7-9)20-12-10(16)8-18-13(17-4)19-12/h8-9,11H,5-7H2,1-4H3,(H,17,18,19). The Morgan fingerprint density at radius 1 is 1.40 bits per heavy atom. The second-order valence-corrected chi connectivity index (χ2v) is 6.81. The molecule has 1 N–H and O–H groups in total. The van der Waals surface area contributed by atoms with Gasteiger partial charge in [0.15, 0.2) is 0 Å². The Bertz CT molecular complexity index is 534. The van der Waals surface area contributed by atoms with Crippen molar-refractivity contribution in [3.05, 3.63) is 12.0 Å². The number of anilines is 1. The SMILES string of the molecule is CNc1ncc(F)c(OC2CC3CCC2(C)C3(C)C)n1. The van der Waals surface area contributed by atoms with Crippen LogP contribution in [0, 0.1) is 22.6 Å². The van der Waals surface area contributed by atoms with Crippen molar-refractivity contribution in [2.45, 2.75) is 46.1 Å². The van der Waals surface area contributed by atoms with Crippen molar-refractivity contribution in [2.24, 2.45) is 16.7 Å². The maximum absolute atomic E-state index is 13.8. The van der Waals surface area contributed by atoms with Crippen LogP contribution in [-0.4, -0.2) is 23.1 Å². The summed E-state index contributed by atoms with van der Waals surface area (Å²) in [5.74, 6) is 0.618. The number of ether oxygens (including phenoxy) is 1. The fourth-order valence-electron chi connectivity index (χ4n) is 4.00. The van der Waals surface area contributed by atoms with E-state index in [-0.39, 0.29) is 22.8 Å². The summed E-state index contributed by atoms with van der Waals surface area (Å²) in [5, 5.41) is 2.81. The summed E-state index contributed by atoms with van der Waals surface area (Å²) in [6.45, 7) is 6.88. The summed E-state index contributed by atoms with van der Waals surface area (Å²) in [6, 6.07) is 0. The van der Waals surface area contributed by atoms with Crippen molar-refractivity contribution in [1.29, 1.82) is 0 Å². The Kier molecular flexibility index (Phi) is 2.92. The Morgan fingerprint density at radius 2 is 2.15 bits per heavy atom. The summed E-state index contributed by atoms with van der Waals surface area (Å²) in [4.78, 5) is 7.95. The second kappa shape index (κ2) is 4.30. The van der Waals surface area contributed by atoms with Gasteiger partial charge < -0.3 is 10.1 Å². The van der Waals surface area contributed by atoms with Crippen molar-refractivity contribution < 1.29 is 9.13 Å². The Hall–Kier alpha value is -1.39.